The Morgan fingerprint density at radius 3 is 2.41 bits per heavy atom. The first-order valence-electron chi connectivity index (χ1n) is 6.27. The molecule has 0 saturated heterocycles. The number of phenolic OH excluding ortho intramolecular Hbond substituents is 1. The summed E-state index contributed by atoms with van der Waals surface area (Å²) in [6.45, 7) is 1.87. The number of sulfonamides is 1. The van der Waals surface area contributed by atoms with E-state index >= 15 is 0 Å². The van der Waals surface area contributed by atoms with Crippen LogP contribution in [0.25, 0.3) is 0 Å². The van der Waals surface area contributed by atoms with Crippen LogP contribution in [0.1, 0.15) is 11.1 Å². The standard InChI is InChI=1S/C15H14BrNO4S/c1-10-3-6-12(7-4-10)22(19,20)17-9-11-5-8-13(21-2)15(18)14(11)16/h3-9,18H,1-2H3/b17-9-. The van der Waals surface area contributed by atoms with Crippen molar-refractivity contribution >= 4 is 32.2 Å². The van der Waals surface area contributed by atoms with Crippen LogP contribution >= 0.6 is 15.9 Å². The molecule has 0 heterocycles. The van der Waals surface area contributed by atoms with Crippen molar-refractivity contribution in [2.45, 2.75) is 11.8 Å². The molecule has 22 heavy (non-hydrogen) atoms. The molecule has 1 N–H and O–H groups in total. The summed E-state index contributed by atoms with van der Waals surface area (Å²) in [6, 6.07) is 9.54. The van der Waals surface area contributed by atoms with Gasteiger partial charge in [-0.15, -0.1) is 0 Å². The molecule has 2 rings (SSSR count). The third-order valence-corrected chi connectivity index (χ3v) is 5.06. The van der Waals surface area contributed by atoms with Crippen molar-refractivity contribution in [3.8, 4) is 11.5 Å². The molecule has 0 aliphatic heterocycles. The zero-order valence-corrected chi connectivity index (χ0v) is 14.3. The van der Waals surface area contributed by atoms with Crippen LogP contribution in [0.5, 0.6) is 11.5 Å². The summed E-state index contributed by atoms with van der Waals surface area (Å²) in [7, 11) is -2.36. The lowest BCUT2D eigenvalue weighted by atomic mass is 10.2. The number of methoxy groups -OCH3 is 1. The minimum atomic E-state index is -3.78. The third kappa shape index (κ3) is 3.48. The Morgan fingerprint density at radius 2 is 1.82 bits per heavy atom. The average Bonchev–Trinajstić information content (AvgIpc) is 2.49. The highest BCUT2D eigenvalue weighted by atomic mass is 79.9. The van der Waals surface area contributed by atoms with Crippen LogP contribution in [-0.4, -0.2) is 26.8 Å². The molecule has 2 aromatic carbocycles. The molecule has 0 bridgehead atoms. The monoisotopic (exact) mass is 383 g/mol. The van der Waals surface area contributed by atoms with Gasteiger partial charge in [-0.05, 0) is 47.1 Å². The maximum Gasteiger partial charge on any atom is 0.282 e. The molecule has 0 aliphatic carbocycles. The fourth-order valence-corrected chi connectivity index (χ4v) is 3.01. The Balaban J connectivity index is 2.36. The first kappa shape index (κ1) is 16.5. The average molecular weight is 384 g/mol. The maximum atomic E-state index is 12.1. The summed E-state index contributed by atoms with van der Waals surface area (Å²) >= 11 is 3.19. The van der Waals surface area contributed by atoms with Gasteiger partial charge in [0.15, 0.2) is 11.5 Å². The normalized spacial score (nSPS) is 11.8. The number of hydrogen-bond acceptors (Lipinski definition) is 4. The van der Waals surface area contributed by atoms with Crippen molar-refractivity contribution < 1.29 is 18.3 Å². The van der Waals surface area contributed by atoms with E-state index in [1.54, 1.807) is 18.2 Å². The van der Waals surface area contributed by atoms with E-state index < -0.39 is 10.0 Å². The van der Waals surface area contributed by atoms with Gasteiger partial charge in [0.25, 0.3) is 10.0 Å². The van der Waals surface area contributed by atoms with Crippen molar-refractivity contribution in [2.75, 3.05) is 7.11 Å². The van der Waals surface area contributed by atoms with Crippen molar-refractivity contribution in [2.24, 2.45) is 4.40 Å². The summed E-state index contributed by atoms with van der Waals surface area (Å²) in [5, 5.41) is 9.87. The molecule has 0 aromatic heterocycles. The summed E-state index contributed by atoms with van der Waals surface area (Å²) in [4.78, 5) is 0.114. The predicted molar refractivity (Wildman–Crippen MR) is 88.3 cm³/mol. The highest BCUT2D eigenvalue weighted by Crippen LogP contribution is 2.35. The Kier molecular flexibility index (Phi) is 4.87. The van der Waals surface area contributed by atoms with Gasteiger partial charge in [-0.3, -0.25) is 0 Å². The number of nitrogens with zero attached hydrogens (tertiary/aromatic N) is 1. The van der Waals surface area contributed by atoms with E-state index in [0.717, 1.165) is 5.56 Å². The van der Waals surface area contributed by atoms with Crippen LogP contribution in [0.3, 0.4) is 0 Å². The highest BCUT2D eigenvalue weighted by molar-refractivity contribution is 9.10. The van der Waals surface area contributed by atoms with Crippen LogP contribution in [0.15, 0.2) is 50.2 Å². The number of phenols is 1. The molecule has 0 saturated carbocycles. The lowest BCUT2D eigenvalue weighted by Crippen LogP contribution is -1.98. The lowest BCUT2D eigenvalue weighted by molar-refractivity contribution is 0.372. The summed E-state index contributed by atoms with van der Waals surface area (Å²) in [5.74, 6) is 0.171. The number of aryl methyl sites for hydroxylation is 1. The molecular weight excluding hydrogens is 370 g/mol. The lowest BCUT2D eigenvalue weighted by Gasteiger charge is -2.07. The molecule has 0 spiro atoms. The number of halogens is 1. The van der Waals surface area contributed by atoms with E-state index in [2.05, 4.69) is 20.3 Å². The quantitative estimate of drug-likeness (QED) is 0.821. The zero-order valence-electron chi connectivity index (χ0n) is 11.9. The van der Waals surface area contributed by atoms with Gasteiger partial charge in [0.2, 0.25) is 0 Å². The molecule has 0 aliphatic rings. The number of benzene rings is 2. The second-order valence-electron chi connectivity index (χ2n) is 4.54. The molecule has 0 unspecified atom stereocenters. The van der Waals surface area contributed by atoms with Crippen LogP contribution < -0.4 is 4.74 Å². The van der Waals surface area contributed by atoms with Gasteiger partial charge in [-0.2, -0.15) is 12.8 Å². The van der Waals surface area contributed by atoms with Crippen molar-refractivity contribution in [1.29, 1.82) is 0 Å². The molecule has 0 radical (unpaired) electrons. The molecule has 116 valence electrons. The topological polar surface area (TPSA) is 76.0 Å². The second-order valence-corrected chi connectivity index (χ2v) is 6.97. The second kappa shape index (κ2) is 6.50. The van der Waals surface area contributed by atoms with Gasteiger partial charge < -0.3 is 9.84 Å². The number of aromatic hydroxyl groups is 1. The summed E-state index contributed by atoms with van der Waals surface area (Å²) < 4.78 is 33.2. The van der Waals surface area contributed by atoms with Gasteiger partial charge >= 0.3 is 0 Å². The Bertz CT molecular complexity index is 814. The fourth-order valence-electron chi connectivity index (χ4n) is 1.72. The van der Waals surface area contributed by atoms with E-state index in [1.807, 2.05) is 6.92 Å². The molecule has 2 aromatic rings. The first-order valence-corrected chi connectivity index (χ1v) is 8.51. The first-order chi connectivity index (χ1) is 10.3. The Morgan fingerprint density at radius 1 is 1.18 bits per heavy atom. The highest BCUT2D eigenvalue weighted by Gasteiger charge is 2.13. The number of hydrogen-bond donors (Lipinski definition) is 1. The Hall–Kier alpha value is -1.86. The fraction of sp³-hybridized carbons (Fsp3) is 0.133. The van der Waals surface area contributed by atoms with Gasteiger partial charge in [0, 0.05) is 11.8 Å². The summed E-state index contributed by atoms with van der Waals surface area (Å²) in [6.07, 6.45) is 1.18. The zero-order chi connectivity index (χ0) is 16.3. The van der Waals surface area contributed by atoms with Crippen LogP contribution in [0.4, 0.5) is 0 Å². The molecule has 0 fully saturated rings. The van der Waals surface area contributed by atoms with Crippen LogP contribution in [-0.2, 0) is 10.0 Å². The smallest absolute Gasteiger partial charge is 0.282 e. The molecular formula is C15H14BrNO4S. The largest absolute Gasteiger partial charge is 0.503 e. The van der Waals surface area contributed by atoms with E-state index in [4.69, 9.17) is 4.74 Å². The van der Waals surface area contributed by atoms with Gasteiger partial charge in [0.05, 0.1) is 16.5 Å². The Labute approximate surface area is 137 Å². The molecule has 5 nitrogen and oxygen atoms in total. The third-order valence-electron chi connectivity index (χ3n) is 2.98. The van der Waals surface area contributed by atoms with Crippen LogP contribution in [0.2, 0.25) is 0 Å². The predicted octanol–water partition coefficient (Wildman–Crippen LogP) is 3.28. The number of ether oxygens (including phenoxy) is 1. The van der Waals surface area contributed by atoms with E-state index in [-0.39, 0.29) is 16.4 Å². The van der Waals surface area contributed by atoms with Gasteiger partial charge in [-0.1, -0.05) is 17.7 Å². The minimum absolute atomic E-state index is 0.112. The molecule has 0 atom stereocenters. The number of rotatable bonds is 4. The van der Waals surface area contributed by atoms with E-state index in [0.29, 0.717) is 10.0 Å². The van der Waals surface area contributed by atoms with Crippen molar-refractivity contribution in [3.05, 3.63) is 52.0 Å². The maximum absolute atomic E-state index is 12.1. The van der Waals surface area contributed by atoms with Crippen molar-refractivity contribution in [1.82, 2.24) is 0 Å². The van der Waals surface area contributed by atoms with Gasteiger partial charge in [0.1, 0.15) is 0 Å². The molecule has 7 heteroatoms. The van der Waals surface area contributed by atoms with Crippen molar-refractivity contribution in [3.63, 3.8) is 0 Å². The van der Waals surface area contributed by atoms with Gasteiger partial charge in [-0.25, -0.2) is 0 Å². The minimum Gasteiger partial charge on any atom is -0.503 e. The van der Waals surface area contributed by atoms with E-state index in [1.165, 1.54) is 31.5 Å². The summed E-state index contributed by atoms with van der Waals surface area (Å²) in [5.41, 5.74) is 1.39. The van der Waals surface area contributed by atoms with E-state index in [9.17, 15) is 13.5 Å². The van der Waals surface area contributed by atoms with Crippen LogP contribution in [0, 0.1) is 6.92 Å². The SMILES string of the molecule is COc1ccc(/C=N\S(=O)(=O)c2ccc(C)cc2)c(Br)c1O. The molecule has 0 amide bonds.